The minimum atomic E-state index is -1.46. The van der Waals surface area contributed by atoms with Crippen molar-refractivity contribution >= 4 is 5.69 Å². The van der Waals surface area contributed by atoms with E-state index in [9.17, 15) is 13.9 Å². The van der Waals surface area contributed by atoms with E-state index in [4.69, 9.17) is 4.74 Å². The molecule has 3 N–H and O–H groups in total. The number of aryl methyl sites for hydroxylation is 1. The monoisotopic (exact) mass is 526 g/mol. The number of benzene rings is 3. The SMILES string of the molecule is CCc1cc(F)c(CCC2CNC(C)CO2)c(NC(C)(O)CC(c2ccc(F)cc2)c2ccc(F)cc2)c1. The number of rotatable bonds is 10. The Morgan fingerprint density at radius 2 is 1.63 bits per heavy atom. The first-order valence-electron chi connectivity index (χ1n) is 13.3. The van der Waals surface area contributed by atoms with Gasteiger partial charge in [0.15, 0.2) is 0 Å². The van der Waals surface area contributed by atoms with Crippen molar-refractivity contribution < 1.29 is 23.0 Å². The van der Waals surface area contributed by atoms with Crippen LogP contribution in [-0.2, 0) is 17.6 Å². The fraction of sp³-hybridized carbons (Fsp3) is 0.419. The minimum absolute atomic E-state index is 0.00820. The number of halogens is 3. The van der Waals surface area contributed by atoms with E-state index in [1.165, 1.54) is 24.3 Å². The van der Waals surface area contributed by atoms with E-state index in [-0.39, 0.29) is 35.9 Å². The van der Waals surface area contributed by atoms with Gasteiger partial charge in [0.1, 0.15) is 23.2 Å². The van der Waals surface area contributed by atoms with Gasteiger partial charge < -0.3 is 20.5 Å². The van der Waals surface area contributed by atoms with Gasteiger partial charge in [-0.25, -0.2) is 13.2 Å². The van der Waals surface area contributed by atoms with Gasteiger partial charge in [-0.15, -0.1) is 0 Å². The molecule has 4 nitrogen and oxygen atoms in total. The van der Waals surface area contributed by atoms with E-state index in [1.54, 1.807) is 37.3 Å². The summed E-state index contributed by atoms with van der Waals surface area (Å²) < 4.78 is 48.5. The molecular formula is C31H37F3N2O2. The zero-order valence-electron chi connectivity index (χ0n) is 22.2. The molecule has 0 spiro atoms. The van der Waals surface area contributed by atoms with Crippen molar-refractivity contribution in [3.63, 3.8) is 0 Å². The normalized spacial score (nSPS) is 19.4. The molecule has 0 aliphatic carbocycles. The highest BCUT2D eigenvalue weighted by Crippen LogP contribution is 2.35. The fourth-order valence-corrected chi connectivity index (χ4v) is 5.04. The Balaban J connectivity index is 1.59. The van der Waals surface area contributed by atoms with Gasteiger partial charge in [-0.2, -0.15) is 0 Å². The lowest BCUT2D eigenvalue weighted by Gasteiger charge is -2.32. The average molecular weight is 527 g/mol. The molecule has 204 valence electrons. The molecule has 1 fully saturated rings. The molecule has 1 aliphatic rings. The van der Waals surface area contributed by atoms with Crippen LogP contribution in [0.2, 0.25) is 0 Å². The molecule has 3 unspecified atom stereocenters. The maximum atomic E-state index is 15.3. The summed E-state index contributed by atoms with van der Waals surface area (Å²) in [5, 5.41) is 18.2. The fourth-order valence-electron chi connectivity index (χ4n) is 5.04. The van der Waals surface area contributed by atoms with Crippen molar-refractivity contribution in [2.45, 2.75) is 70.2 Å². The van der Waals surface area contributed by atoms with Crippen molar-refractivity contribution in [3.8, 4) is 0 Å². The lowest BCUT2D eigenvalue weighted by atomic mass is 9.84. The summed E-state index contributed by atoms with van der Waals surface area (Å²) in [7, 11) is 0. The standard InChI is InChI=1S/C31H37F3N2O2/c1-4-21-15-29(34)27(14-13-26-18-35-20(2)19-38-26)30(16-21)36-31(3,37)17-28(22-5-9-24(32)10-6-22)23-7-11-25(33)12-8-23/h5-12,15-16,20,26,28,35-37H,4,13-14,17-19H2,1-3H3. The quantitative estimate of drug-likeness (QED) is 0.271. The van der Waals surface area contributed by atoms with Crippen LogP contribution in [0.4, 0.5) is 18.9 Å². The molecule has 3 aromatic rings. The number of ether oxygens (including phenoxy) is 1. The molecule has 0 bridgehead atoms. The van der Waals surface area contributed by atoms with E-state index < -0.39 is 5.72 Å². The first kappa shape index (κ1) is 28.1. The predicted molar refractivity (Wildman–Crippen MR) is 145 cm³/mol. The number of morpholine rings is 1. The Hall–Kier alpha value is -2.87. The van der Waals surface area contributed by atoms with Gasteiger partial charge in [-0.05, 0) is 86.2 Å². The highest BCUT2D eigenvalue weighted by Gasteiger charge is 2.29. The van der Waals surface area contributed by atoms with Crippen LogP contribution >= 0.6 is 0 Å². The van der Waals surface area contributed by atoms with E-state index in [0.717, 1.165) is 16.7 Å². The van der Waals surface area contributed by atoms with Crippen LogP contribution in [0.5, 0.6) is 0 Å². The Bertz CT molecular complexity index is 1150. The number of anilines is 1. The molecule has 1 aliphatic heterocycles. The third-order valence-corrected chi connectivity index (χ3v) is 7.21. The number of hydrogen-bond donors (Lipinski definition) is 3. The Morgan fingerprint density at radius 3 is 2.16 bits per heavy atom. The molecule has 3 aromatic carbocycles. The van der Waals surface area contributed by atoms with E-state index in [2.05, 4.69) is 17.6 Å². The third-order valence-electron chi connectivity index (χ3n) is 7.21. The second-order valence-electron chi connectivity index (χ2n) is 10.5. The lowest BCUT2D eigenvalue weighted by molar-refractivity contribution is 0.00387. The maximum absolute atomic E-state index is 15.3. The first-order chi connectivity index (χ1) is 18.1. The second-order valence-corrected chi connectivity index (χ2v) is 10.5. The summed E-state index contributed by atoms with van der Waals surface area (Å²) in [5.41, 5.74) is 1.97. The Labute approximate surface area is 223 Å². The van der Waals surface area contributed by atoms with E-state index >= 15 is 4.39 Å². The number of aliphatic hydroxyl groups is 1. The molecule has 0 aromatic heterocycles. The average Bonchev–Trinajstić information content (AvgIpc) is 2.88. The zero-order valence-corrected chi connectivity index (χ0v) is 22.2. The van der Waals surface area contributed by atoms with Crippen molar-refractivity contribution in [2.75, 3.05) is 18.5 Å². The van der Waals surface area contributed by atoms with Gasteiger partial charge in [0.2, 0.25) is 0 Å². The van der Waals surface area contributed by atoms with Crippen molar-refractivity contribution in [3.05, 3.63) is 100 Å². The molecule has 0 radical (unpaired) electrons. The van der Waals surface area contributed by atoms with Crippen molar-refractivity contribution in [1.29, 1.82) is 0 Å². The van der Waals surface area contributed by atoms with Crippen LogP contribution < -0.4 is 10.6 Å². The number of nitrogens with one attached hydrogen (secondary N) is 2. The van der Waals surface area contributed by atoms with Crippen LogP contribution in [-0.4, -0.2) is 36.1 Å². The summed E-state index contributed by atoms with van der Waals surface area (Å²) in [5.74, 6) is -1.39. The van der Waals surface area contributed by atoms with E-state index in [0.29, 0.717) is 49.7 Å². The maximum Gasteiger partial charge on any atom is 0.133 e. The lowest BCUT2D eigenvalue weighted by Crippen LogP contribution is -2.44. The minimum Gasteiger partial charge on any atom is -0.375 e. The van der Waals surface area contributed by atoms with Crippen LogP contribution in [0.1, 0.15) is 61.8 Å². The smallest absolute Gasteiger partial charge is 0.133 e. The molecule has 4 rings (SSSR count). The topological polar surface area (TPSA) is 53.5 Å². The molecule has 7 heteroatoms. The van der Waals surface area contributed by atoms with Gasteiger partial charge >= 0.3 is 0 Å². The summed E-state index contributed by atoms with van der Waals surface area (Å²) in [4.78, 5) is 0. The summed E-state index contributed by atoms with van der Waals surface area (Å²) >= 11 is 0. The molecule has 1 saturated heterocycles. The Morgan fingerprint density at radius 1 is 1.03 bits per heavy atom. The second kappa shape index (κ2) is 12.3. The highest BCUT2D eigenvalue weighted by molar-refractivity contribution is 5.55. The summed E-state index contributed by atoms with van der Waals surface area (Å²) in [6.07, 6.45) is 1.93. The van der Waals surface area contributed by atoms with Gasteiger partial charge in [0, 0.05) is 36.2 Å². The Kier molecular flexibility index (Phi) is 9.13. The van der Waals surface area contributed by atoms with E-state index in [1.807, 2.05) is 13.0 Å². The van der Waals surface area contributed by atoms with Gasteiger partial charge in [0.25, 0.3) is 0 Å². The van der Waals surface area contributed by atoms with Crippen molar-refractivity contribution in [2.24, 2.45) is 0 Å². The van der Waals surface area contributed by atoms with Crippen LogP contribution in [0, 0.1) is 17.5 Å². The first-order valence-corrected chi connectivity index (χ1v) is 13.3. The third kappa shape index (κ3) is 7.37. The largest absolute Gasteiger partial charge is 0.375 e. The van der Waals surface area contributed by atoms with Gasteiger partial charge in [0.05, 0.1) is 12.7 Å². The highest BCUT2D eigenvalue weighted by atomic mass is 19.1. The van der Waals surface area contributed by atoms with Crippen LogP contribution in [0.3, 0.4) is 0 Å². The molecule has 1 heterocycles. The molecule has 0 saturated carbocycles. The molecule has 38 heavy (non-hydrogen) atoms. The summed E-state index contributed by atoms with van der Waals surface area (Å²) in [6, 6.07) is 15.9. The van der Waals surface area contributed by atoms with Gasteiger partial charge in [-0.1, -0.05) is 31.2 Å². The molecule has 0 amide bonds. The summed E-state index contributed by atoms with van der Waals surface area (Å²) in [6.45, 7) is 7.00. The molecular weight excluding hydrogens is 489 g/mol. The van der Waals surface area contributed by atoms with Gasteiger partial charge in [-0.3, -0.25) is 0 Å². The number of hydrogen-bond acceptors (Lipinski definition) is 4. The van der Waals surface area contributed by atoms with Crippen LogP contribution in [0.15, 0.2) is 60.7 Å². The predicted octanol–water partition coefficient (Wildman–Crippen LogP) is 6.32. The molecule has 3 atom stereocenters. The van der Waals surface area contributed by atoms with Crippen molar-refractivity contribution in [1.82, 2.24) is 5.32 Å². The zero-order chi connectivity index (χ0) is 27.3. The van der Waals surface area contributed by atoms with Crippen LogP contribution in [0.25, 0.3) is 0 Å².